The number of thioether (sulfide) groups is 1. The topological polar surface area (TPSA) is 152 Å². The number of fused-ring (bicyclic) bond motifs is 1. The average molecular weight is 390 g/mol. The summed E-state index contributed by atoms with van der Waals surface area (Å²) in [6.45, 7) is -0.412. The minimum atomic E-state index is -1.23. The van der Waals surface area contributed by atoms with Crippen LogP contribution in [-0.4, -0.2) is 64.7 Å². The highest BCUT2D eigenvalue weighted by Gasteiger charge is 2.44. The van der Waals surface area contributed by atoms with Crippen molar-refractivity contribution in [2.45, 2.75) is 35.3 Å². The van der Waals surface area contributed by atoms with Crippen LogP contribution in [0.15, 0.2) is 35.9 Å². The number of imidazole rings is 1. The number of pyridine rings is 1. The van der Waals surface area contributed by atoms with E-state index in [0.29, 0.717) is 21.9 Å². The highest BCUT2D eigenvalue weighted by molar-refractivity contribution is 7.98. The van der Waals surface area contributed by atoms with Crippen molar-refractivity contribution in [3.05, 3.63) is 36.4 Å². The first kappa shape index (κ1) is 18.1. The van der Waals surface area contributed by atoms with E-state index in [-0.39, 0.29) is 5.95 Å². The highest BCUT2D eigenvalue weighted by Crippen LogP contribution is 2.34. The Morgan fingerprint density at radius 3 is 2.81 bits per heavy atom. The summed E-state index contributed by atoms with van der Waals surface area (Å²) in [6, 6.07) is 3.82. The summed E-state index contributed by atoms with van der Waals surface area (Å²) in [6.07, 6.45) is 0.657. The van der Waals surface area contributed by atoms with Crippen LogP contribution in [0.1, 0.15) is 11.8 Å². The zero-order chi connectivity index (χ0) is 19.0. The molecule has 1 aliphatic rings. The van der Waals surface area contributed by atoms with Crippen molar-refractivity contribution < 1.29 is 20.1 Å². The third-order valence-electron chi connectivity index (χ3n) is 4.30. The average Bonchev–Trinajstić information content (AvgIpc) is 3.22. The van der Waals surface area contributed by atoms with Crippen molar-refractivity contribution in [2.24, 2.45) is 0 Å². The van der Waals surface area contributed by atoms with Gasteiger partial charge in [-0.25, -0.2) is 9.97 Å². The third-order valence-corrected chi connectivity index (χ3v) is 5.33. The number of nitrogen functional groups attached to an aromatic ring is 1. The molecule has 4 rings (SSSR count). The van der Waals surface area contributed by atoms with Gasteiger partial charge in [0, 0.05) is 18.1 Å². The zero-order valence-corrected chi connectivity index (χ0v) is 14.9. The molecule has 142 valence electrons. The van der Waals surface area contributed by atoms with E-state index in [1.165, 1.54) is 22.7 Å². The van der Waals surface area contributed by atoms with Crippen molar-refractivity contribution >= 4 is 28.9 Å². The Labute approximate surface area is 158 Å². The first-order chi connectivity index (χ1) is 13.1. The molecule has 0 unspecified atom stereocenters. The molecule has 0 amide bonds. The van der Waals surface area contributed by atoms with Crippen molar-refractivity contribution in [1.29, 1.82) is 0 Å². The lowest BCUT2D eigenvalue weighted by molar-refractivity contribution is -0.0511. The number of nitrogens with two attached hydrogens (primary N) is 1. The highest BCUT2D eigenvalue weighted by atomic mass is 32.2. The molecule has 10 nitrogen and oxygen atoms in total. The number of aliphatic hydroxyl groups is 3. The van der Waals surface area contributed by atoms with Gasteiger partial charge >= 0.3 is 0 Å². The summed E-state index contributed by atoms with van der Waals surface area (Å²) in [4.78, 5) is 16.9. The summed E-state index contributed by atoms with van der Waals surface area (Å²) in [5.41, 5.74) is 7.77. The van der Waals surface area contributed by atoms with Crippen molar-refractivity contribution in [3.8, 4) is 0 Å². The van der Waals surface area contributed by atoms with Crippen molar-refractivity contribution in [3.63, 3.8) is 0 Å². The SMILES string of the molecule is Nc1nc(SCc2cccnc2)c2ncn([C@@H]3O[C@@H](CO)[C@@H](O)[C@H]3O)c2n1. The van der Waals surface area contributed by atoms with E-state index in [1.54, 1.807) is 12.4 Å². The molecule has 4 heterocycles. The second-order valence-electron chi connectivity index (χ2n) is 6.09. The Morgan fingerprint density at radius 1 is 1.26 bits per heavy atom. The summed E-state index contributed by atoms with van der Waals surface area (Å²) in [5.74, 6) is 0.685. The van der Waals surface area contributed by atoms with E-state index in [4.69, 9.17) is 10.5 Å². The van der Waals surface area contributed by atoms with Crippen LogP contribution in [0.4, 0.5) is 5.95 Å². The first-order valence-electron chi connectivity index (χ1n) is 8.22. The third kappa shape index (κ3) is 3.35. The second kappa shape index (κ2) is 7.37. The quantitative estimate of drug-likeness (QED) is 0.337. The van der Waals surface area contributed by atoms with Gasteiger partial charge < -0.3 is 25.8 Å². The molecule has 0 aromatic carbocycles. The fraction of sp³-hybridized carbons (Fsp3) is 0.375. The number of nitrogens with zero attached hydrogens (tertiary/aromatic N) is 5. The molecule has 3 aromatic rings. The molecule has 3 aromatic heterocycles. The van der Waals surface area contributed by atoms with Crippen molar-refractivity contribution in [2.75, 3.05) is 12.3 Å². The van der Waals surface area contributed by atoms with Gasteiger partial charge in [-0.15, -0.1) is 0 Å². The van der Waals surface area contributed by atoms with Gasteiger partial charge in [0.2, 0.25) is 5.95 Å². The predicted molar refractivity (Wildman–Crippen MR) is 96.5 cm³/mol. The molecule has 0 radical (unpaired) electrons. The van der Waals surface area contributed by atoms with Gasteiger partial charge in [0.05, 0.1) is 12.9 Å². The Balaban J connectivity index is 1.66. The summed E-state index contributed by atoms with van der Waals surface area (Å²) < 4.78 is 7.04. The van der Waals surface area contributed by atoms with Crippen LogP contribution < -0.4 is 5.73 Å². The fourth-order valence-electron chi connectivity index (χ4n) is 2.94. The largest absolute Gasteiger partial charge is 0.394 e. The maximum atomic E-state index is 10.3. The Morgan fingerprint density at radius 2 is 2.11 bits per heavy atom. The Bertz CT molecular complexity index is 939. The first-order valence-corrected chi connectivity index (χ1v) is 9.21. The maximum Gasteiger partial charge on any atom is 0.223 e. The number of aliphatic hydroxyl groups excluding tert-OH is 3. The number of rotatable bonds is 5. The van der Waals surface area contributed by atoms with Crippen LogP contribution in [0.2, 0.25) is 0 Å². The monoisotopic (exact) mass is 390 g/mol. The zero-order valence-electron chi connectivity index (χ0n) is 14.1. The summed E-state index contributed by atoms with van der Waals surface area (Å²) in [5, 5.41) is 30.1. The molecular formula is C16H18N6O4S. The number of anilines is 1. The minimum Gasteiger partial charge on any atom is -0.394 e. The lowest BCUT2D eigenvalue weighted by atomic mass is 10.1. The predicted octanol–water partition coefficient (Wildman–Crippen LogP) is -0.293. The summed E-state index contributed by atoms with van der Waals surface area (Å²) in [7, 11) is 0. The van der Waals surface area contributed by atoms with E-state index < -0.39 is 31.1 Å². The van der Waals surface area contributed by atoms with Gasteiger partial charge in [0.25, 0.3) is 0 Å². The normalized spacial score (nSPS) is 25.3. The molecule has 0 bridgehead atoms. The lowest BCUT2D eigenvalue weighted by Gasteiger charge is -2.16. The van der Waals surface area contributed by atoms with E-state index in [0.717, 1.165) is 5.56 Å². The van der Waals surface area contributed by atoms with Gasteiger partial charge in [-0.3, -0.25) is 9.55 Å². The number of ether oxygens (including phenoxy) is 1. The molecule has 1 fully saturated rings. The second-order valence-corrected chi connectivity index (χ2v) is 7.05. The molecular weight excluding hydrogens is 372 g/mol. The van der Waals surface area contributed by atoms with Crippen molar-refractivity contribution in [1.82, 2.24) is 24.5 Å². The molecule has 4 atom stereocenters. The summed E-state index contributed by atoms with van der Waals surface area (Å²) >= 11 is 1.44. The molecule has 1 aliphatic heterocycles. The number of hydrogen-bond acceptors (Lipinski definition) is 10. The molecule has 27 heavy (non-hydrogen) atoms. The van der Waals surface area contributed by atoms with Crippen LogP contribution in [-0.2, 0) is 10.5 Å². The standard InChI is InChI=1S/C16H18N6O4S/c17-16-20-13-10(14(21-16)27-6-8-2-1-3-18-4-8)19-7-22(13)15-12(25)11(24)9(5-23)26-15/h1-4,7,9,11-12,15,23-25H,5-6H2,(H2,17,20,21)/t9-,11+,12+,15+/m0/s1. The number of aromatic nitrogens is 5. The molecule has 1 saturated heterocycles. The van der Waals surface area contributed by atoms with Gasteiger partial charge in [0.1, 0.15) is 28.9 Å². The van der Waals surface area contributed by atoms with Crippen LogP contribution in [0.25, 0.3) is 11.2 Å². The van der Waals surface area contributed by atoms with E-state index >= 15 is 0 Å². The molecule has 0 saturated carbocycles. The van der Waals surface area contributed by atoms with E-state index in [9.17, 15) is 15.3 Å². The van der Waals surface area contributed by atoms with Gasteiger partial charge in [-0.2, -0.15) is 4.98 Å². The van der Waals surface area contributed by atoms with Crippen LogP contribution in [0.3, 0.4) is 0 Å². The fourth-order valence-corrected chi connectivity index (χ4v) is 3.85. The molecule has 5 N–H and O–H groups in total. The Kier molecular flexibility index (Phi) is 4.93. The van der Waals surface area contributed by atoms with E-state index in [2.05, 4.69) is 19.9 Å². The number of hydrogen-bond donors (Lipinski definition) is 4. The molecule has 0 spiro atoms. The Hall–Kier alpha value is -2.31. The van der Waals surface area contributed by atoms with Gasteiger partial charge in [-0.1, -0.05) is 17.8 Å². The minimum absolute atomic E-state index is 0.0599. The van der Waals surface area contributed by atoms with E-state index in [1.807, 2.05) is 12.1 Å². The smallest absolute Gasteiger partial charge is 0.223 e. The molecule has 11 heteroatoms. The lowest BCUT2D eigenvalue weighted by Crippen LogP contribution is -2.33. The van der Waals surface area contributed by atoms with Gasteiger partial charge in [0.15, 0.2) is 11.9 Å². The van der Waals surface area contributed by atoms with Crippen LogP contribution >= 0.6 is 11.8 Å². The van der Waals surface area contributed by atoms with Crippen LogP contribution in [0.5, 0.6) is 0 Å². The van der Waals surface area contributed by atoms with Gasteiger partial charge in [-0.05, 0) is 11.6 Å². The molecule has 0 aliphatic carbocycles. The van der Waals surface area contributed by atoms with Crippen LogP contribution in [0, 0.1) is 0 Å². The maximum absolute atomic E-state index is 10.3.